The fraction of sp³-hybridized carbons (Fsp3) is 0.632. The molecule has 0 atom stereocenters. The van der Waals surface area contributed by atoms with Gasteiger partial charge in [0.15, 0.2) is 5.96 Å². The van der Waals surface area contributed by atoms with Gasteiger partial charge in [-0.2, -0.15) is 4.31 Å². The second-order valence-electron chi connectivity index (χ2n) is 6.50. The fourth-order valence-corrected chi connectivity index (χ4v) is 4.51. The molecule has 160 valence electrons. The average Bonchev–Trinajstić information content (AvgIpc) is 2.70. The van der Waals surface area contributed by atoms with Crippen LogP contribution in [0.5, 0.6) is 0 Å². The van der Waals surface area contributed by atoms with Crippen LogP contribution in [0.25, 0.3) is 0 Å². The molecule has 1 fully saturated rings. The van der Waals surface area contributed by atoms with Gasteiger partial charge in [0.1, 0.15) is 0 Å². The Kier molecular flexibility index (Phi) is 12.0. The largest absolute Gasteiger partial charge is 0.380 e. The van der Waals surface area contributed by atoms with E-state index in [1.54, 1.807) is 28.6 Å². The summed E-state index contributed by atoms with van der Waals surface area (Å²) in [5.74, 6) is 1.19. The normalized spacial score (nSPS) is 16.4. The molecule has 2 N–H and O–H groups in total. The standard InChI is InChI=1S/C19H32N4O3S.HI/c1-3-20-19(21-12-15-26-4-2)22-16-17-10-13-23(14-11-17)27(24,25)18-8-6-5-7-9-18;/h5-9,17H,3-4,10-16H2,1-2H3,(H2,20,21,22);1H. The van der Waals surface area contributed by atoms with E-state index < -0.39 is 10.0 Å². The highest BCUT2D eigenvalue weighted by Gasteiger charge is 2.29. The number of sulfonamides is 1. The summed E-state index contributed by atoms with van der Waals surface area (Å²) >= 11 is 0. The van der Waals surface area contributed by atoms with E-state index >= 15 is 0 Å². The van der Waals surface area contributed by atoms with Crippen LogP contribution >= 0.6 is 24.0 Å². The molecule has 9 heteroatoms. The van der Waals surface area contributed by atoms with Crippen LogP contribution in [0.4, 0.5) is 0 Å². The van der Waals surface area contributed by atoms with Crippen LogP contribution in [0.1, 0.15) is 26.7 Å². The summed E-state index contributed by atoms with van der Waals surface area (Å²) in [5, 5.41) is 6.49. The van der Waals surface area contributed by atoms with Gasteiger partial charge in [-0.1, -0.05) is 18.2 Å². The summed E-state index contributed by atoms with van der Waals surface area (Å²) in [6.45, 7) is 8.68. The molecule has 0 unspecified atom stereocenters. The van der Waals surface area contributed by atoms with E-state index in [0.717, 1.165) is 25.3 Å². The van der Waals surface area contributed by atoms with Crippen molar-refractivity contribution in [1.82, 2.24) is 14.9 Å². The van der Waals surface area contributed by atoms with Crippen LogP contribution in [0, 0.1) is 5.92 Å². The molecule has 1 aromatic carbocycles. The Morgan fingerprint density at radius 2 is 1.86 bits per heavy atom. The van der Waals surface area contributed by atoms with Gasteiger partial charge in [-0.3, -0.25) is 4.99 Å². The summed E-state index contributed by atoms with van der Waals surface area (Å²) in [7, 11) is -3.38. The lowest BCUT2D eigenvalue weighted by atomic mass is 9.98. The minimum Gasteiger partial charge on any atom is -0.380 e. The Hall–Kier alpha value is -0.910. The number of hydrogen-bond acceptors (Lipinski definition) is 4. The van der Waals surface area contributed by atoms with Crippen molar-refractivity contribution >= 4 is 40.0 Å². The SMILES string of the molecule is CCNC(=NCC1CCN(S(=O)(=O)c2ccccc2)CC1)NCCOCC.I. The predicted molar refractivity (Wildman–Crippen MR) is 124 cm³/mol. The van der Waals surface area contributed by atoms with E-state index in [9.17, 15) is 8.42 Å². The van der Waals surface area contributed by atoms with Gasteiger partial charge < -0.3 is 15.4 Å². The Bertz CT molecular complexity index is 678. The minimum atomic E-state index is -3.38. The molecule has 0 aliphatic carbocycles. The first-order valence-electron chi connectivity index (χ1n) is 9.73. The van der Waals surface area contributed by atoms with E-state index in [0.29, 0.717) is 50.2 Å². The van der Waals surface area contributed by atoms with Crippen LogP contribution < -0.4 is 10.6 Å². The molecule has 1 aliphatic heterocycles. The van der Waals surface area contributed by atoms with Gasteiger partial charge in [0.05, 0.1) is 11.5 Å². The van der Waals surface area contributed by atoms with Crippen molar-refractivity contribution in [3.63, 3.8) is 0 Å². The van der Waals surface area contributed by atoms with Crippen LogP contribution in [-0.2, 0) is 14.8 Å². The number of nitrogens with zero attached hydrogens (tertiary/aromatic N) is 2. The summed E-state index contributed by atoms with van der Waals surface area (Å²) < 4.78 is 32.3. The van der Waals surface area contributed by atoms with Crippen LogP contribution in [0.3, 0.4) is 0 Å². The Balaban J connectivity index is 0.00000392. The molecule has 0 aromatic heterocycles. The molecular formula is C19H33IN4O3S. The van der Waals surface area contributed by atoms with Gasteiger partial charge >= 0.3 is 0 Å². The molecule has 0 spiro atoms. The molecule has 1 aliphatic rings. The number of benzene rings is 1. The second-order valence-corrected chi connectivity index (χ2v) is 8.44. The third-order valence-electron chi connectivity index (χ3n) is 4.55. The molecule has 1 saturated heterocycles. The van der Waals surface area contributed by atoms with Gasteiger partial charge in [-0.15, -0.1) is 24.0 Å². The third kappa shape index (κ3) is 7.84. The van der Waals surface area contributed by atoms with Crippen molar-refractivity contribution in [3.8, 4) is 0 Å². The number of rotatable bonds is 9. The lowest BCUT2D eigenvalue weighted by Gasteiger charge is -2.30. The van der Waals surface area contributed by atoms with Crippen molar-refractivity contribution in [2.75, 3.05) is 45.9 Å². The van der Waals surface area contributed by atoms with E-state index in [-0.39, 0.29) is 24.0 Å². The number of aliphatic imine (C=N–C) groups is 1. The minimum absolute atomic E-state index is 0. The van der Waals surface area contributed by atoms with Gasteiger partial charge in [-0.05, 0) is 44.7 Å². The van der Waals surface area contributed by atoms with Gasteiger partial charge in [-0.25, -0.2) is 8.42 Å². The Morgan fingerprint density at radius 1 is 1.18 bits per heavy atom. The van der Waals surface area contributed by atoms with Gasteiger partial charge in [0.2, 0.25) is 10.0 Å². The Labute approximate surface area is 186 Å². The van der Waals surface area contributed by atoms with Crippen LogP contribution in [0.15, 0.2) is 40.2 Å². The zero-order valence-electron chi connectivity index (χ0n) is 16.8. The molecule has 28 heavy (non-hydrogen) atoms. The maximum absolute atomic E-state index is 12.7. The second kappa shape index (κ2) is 13.3. The zero-order valence-corrected chi connectivity index (χ0v) is 19.9. The van der Waals surface area contributed by atoms with E-state index in [4.69, 9.17) is 4.74 Å². The summed E-state index contributed by atoms with van der Waals surface area (Å²) in [6, 6.07) is 8.66. The smallest absolute Gasteiger partial charge is 0.243 e. The quantitative estimate of drug-likeness (QED) is 0.224. The lowest BCUT2D eigenvalue weighted by molar-refractivity contribution is 0.152. The van der Waals surface area contributed by atoms with Gasteiger partial charge in [0.25, 0.3) is 0 Å². The van der Waals surface area contributed by atoms with Crippen molar-refractivity contribution in [3.05, 3.63) is 30.3 Å². The molecule has 1 heterocycles. The summed E-state index contributed by atoms with van der Waals surface area (Å²) in [5.41, 5.74) is 0. The molecule has 0 radical (unpaired) electrons. The number of ether oxygens (including phenoxy) is 1. The molecule has 1 aromatic rings. The highest BCUT2D eigenvalue weighted by atomic mass is 127. The monoisotopic (exact) mass is 524 g/mol. The van der Waals surface area contributed by atoms with Crippen LogP contribution in [-0.4, -0.2) is 64.6 Å². The van der Waals surface area contributed by atoms with Crippen molar-refractivity contribution in [2.24, 2.45) is 10.9 Å². The number of guanidine groups is 1. The maximum atomic E-state index is 12.7. The molecule has 2 rings (SSSR count). The number of nitrogens with one attached hydrogen (secondary N) is 2. The maximum Gasteiger partial charge on any atom is 0.243 e. The topological polar surface area (TPSA) is 83.0 Å². The van der Waals surface area contributed by atoms with Crippen molar-refractivity contribution < 1.29 is 13.2 Å². The lowest BCUT2D eigenvalue weighted by Crippen LogP contribution is -2.41. The number of halogens is 1. The summed E-state index contributed by atoms with van der Waals surface area (Å²) in [4.78, 5) is 5.02. The molecular weight excluding hydrogens is 491 g/mol. The highest BCUT2D eigenvalue weighted by molar-refractivity contribution is 14.0. The first kappa shape index (κ1) is 25.1. The van der Waals surface area contributed by atoms with Crippen molar-refractivity contribution in [1.29, 1.82) is 0 Å². The zero-order chi connectivity index (χ0) is 19.5. The average molecular weight is 524 g/mol. The fourth-order valence-electron chi connectivity index (χ4n) is 3.02. The molecule has 0 saturated carbocycles. The van der Waals surface area contributed by atoms with E-state index in [2.05, 4.69) is 15.6 Å². The van der Waals surface area contributed by atoms with Gasteiger partial charge in [0, 0.05) is 39.3 Å². The van der Waals surface area contributed by atoms with E-state index in [1.807, 2.05) is 19.9 Å². The first-order valence-corrected chi connectivity index (χ1v) is 11.2. The molecule has 0 amide bonds. The molecule has 7 nitrogen and oxygen atoms in total. The Morgan fingerprint density at radius 3 is 2.46 bits per heavy atom. The number of piperidine rings is 1. The highest BCUT2D eigenvalue weighted by Crippen LogP contribution is 2.23. The first-order chi connectivity index (χ1) is 13.1. The number of hydrogen-bond donors (Lipinski definition) is 2. The third-order valence-corrected chi connectivity index (χ3v) is 6.46. The molecule has 0 bridgehead atoms. The van der Waals surface area contributed by atoms with Crippen LogP contribution in [0.2, 0.25) is 0 Å². The van der Waals surface area contributed by atoms with E-state index in [1.165, 1.54) is 0 Å². The summed E-state index contributed by atoms with van der Waals surface area (Å²) in [6.07, 6.45) is 1.65. The predicted octanol–water partition coefficient (Wildman–Crippen LogP) is 2.30. The van der Waals surface area contributed by atoms with Crippen molar-refractivity contribution in [2.45, 2.75) is 31.6 Å².